The van der Waals surface area contributed by atoms with Gasteiger partial charge in [0.2, 0.25) is 0 Å². The highest BCUT2D eigenvalue weighted by atomic mass is 16.5. The van der Waals surface area contributed by atoms with E-state index in [2.05, 4.69) is 19.9 Å². The third-order valence-electron chi connectivity index (χ3n) is 5.67. The number of aromatic hydroxyl groups is 3. The van der Waals surface area contributed by atoms with Crippen molar-refractivity contribution in [2.24, 2.45) is 0 Å². The van der Waals surface area contributed by atoms with Crippen molar-refractivity contribution in [2.45, 2.75) is 51.7 Å². The van der Waals surface area contributed by atoms with E-state index in [1.165, 1.54) is 29.8 Å². The van der Waals surface area contributed by atoms with Gasteiger partial charge in [-0.3, -0.25) is 4.79 Å². The van der Waals surface area contributed by atoms with E-state index in [1.54, 1.807) is 0 Å². The molecule has 0 aliphatic carbocycles. The zero-order chi connectivity index (χ0) is 22.3. The smallest absolute Gasteiger partial charge is 0.174 e. The second kappa shape index (κ2) is 7.69. The minimum absolute atomic E-state index is 0.0390. The maximum Gasteiger partial charge on any atom is 0.174 e. The summed E-state index contributed by atoms with van der Waals surface area (Å²) in [6, 6.07) is 5.63. The second-order valence-corrected chi connectivity index (χ2v) is 8.56. The molecule has 0 saturated heterocycles. The summed E-state index contributed by atoms with van der Waals surface area (Å²) >= 11 is 0. The molecule has 2 aliphatic heterocycles. The molecule has 0 bridgehead atoms. The number of ketones is 1. The average Bonchev–Trinajstić information content (AvgIpc) is 2.66. The number of Topliss-reactive ketones (excluding diaryl/α,β-unsaturated/α-hetero) is 1. The summed E-state index contributed by atoms with van der Waals surface area (Å²) in [6.07, 6.45) is 6.79. The van der Waals surface area contributed by atoms with E-state index in [-0.39, 0.29) is 40.8 Å². The van der Waals surface area contributed by atoms with Crippen molar-refractivity contribution in [3.8, 4) is 28.7 Å². The number of fused-ring (bicyclic) bond motifs is 3. The van der Waals surface area contributed by atoms with Crippen LogP contribution in [0.2, 0.25) is 0 Å². The lowest BCUT2D eigenvalue weighted by Crippen LogP contribution is -2.32. The van der Waals surface area contributed by atoms with Gasteiger partial charge < -0.3 is 24.8 Å². The quantitative estimate of drug-likeness (QED) is 0.569. The summed E-state index contributed by atoms with van der Waals surface area (Å²) < 4.78 is 12.3. The van der Waals surface area contributed by atoms with Crippen molar-refractivity contribution in [3.05, 3.63) is 58.7 Å². The zero-order valence-corrected chi connectivity index (χ0v) is 17.8. The van der Waals surface area contributed by atoms with Gasteiger partial charge in [0.1, 0.15) is 46.0 Å². The lowest BCUT2D eigenvalue weighted by molar-refractivity contribution is 0.0836. The molecule has 2 atom stereocenters. The van der Waals surface area contributed by atoms with Crippen LogP contribution in [-0.2, 0) is 0 Å². The van der Waals surface area contributed by atoms with Crippen LogP contribution in [0.15, 0.2) is 42.0 Å². The topological polar surface area (TPSA) is 96.2 Å². The first kappa shape index (κ1) is 20.8. The van der Waals surface area contributed by atoms with Crippen molar-refractivity contribution in [2.75, 3.05) is 0 Å². The zero-order valence-electron chi connectivity index (χ0n) is 17.8. The summed E-state index contributed by atoms with van der Waals surface area (Å²) in [7, 11) is 0. The Labute approximate surface area is 181 Å². The molecule has 0 fully saturated rings. The van der Waals surface area contributed by atoms with Crippen LogP contribution >= 0.6 is 0 Å². The molecule has 0 spiro atoms. The second-order valence-electron chi connectivity index (χ2n) is 8.56. The molecule has 6 heteroatoms. The molecule has 6 nitrogen and oxygen atoms in total. The van der Waals surface area contributed by atoms with E-state index in [0.29, 0.717) is 16.9 Å². The number of ether oxygens (including phenoxy) is 2. The van der Waals surface area contributed by atoms with Crippen LogP contribution in [0.5, 0.6) is 28.7 Å². The Morgan fingerprint density at radius 3 is 2.68 bits per heavy atom. The van der Waals surface area contributed by atoms with Gasteiger partial charge in [-0.05, 0) is 57.9 Å². The maximum atomic E-state index is 12.8. The largest absolute Gasteiger partial charge is 0.508 e. The van der Waals surface area contributed by atoms with Crippen molar-refractivity contribution in [3.63, 3.8) is 0 Å². The first-order valence-corrected chi connectivity index (χ1v) is 10.3. The molecule has 0 saturated carbocycles. The standard InChI is InChI=1S/C25H26O6/c1-14(2)5-4-9-25(3)10-8-17-22(31-25)13-20(29)23-19(28)12-21(30-24(17)23)16-7-6-15(26)11-18(16)27/h5-8,10-11,13,21,26-27,29H,4,9,12H2,1-3H3/t21-,25-/m0/s1. The molecule has 2 aromatic rings. The fourth-order valence-corrected chi connectivity index (χ4v) is 4.03. The Morgan fingerprint density at radius 2 is 1.97 bits per heavy atom. The summed E-state index contributed by atoms with van der Waals surface area (Å²) in [5, 5.41) is 30.3. The van der Waals surface area contributed by atoms with Crippen LogP contribution < -0.4 is 9.47 Å². The number of phenols is 3. The maximum absolute atomic E-state index is 12.8. The van der Waals surface area contributed by atoms with Crippen LogP contribution in [0.4, 0.5) is 0 Å². The van der Waals surface area contributed by atoms with Gasteiger partial charge >= 0.3 is 0 Å². The average molecular weight is 422 g/mol. The third-order valence-corrected chi connectivity index (χ3v) is 5.67. The highest BCUT2D eigenvalue weighted by Crippen LogP contribution is 2.49. The molecule has 0 amide bonds. The van der Waals surface area contributed by atoms with Crippen molar-refractivity contribution in [1.29, 1.82) is 0 Å². The van der Waals surface area contributed by atoms with Crippen LogP contribution in [0.3, 0.4) is 0 Å². The van der Waals surface area contributed by atoms with E-state index in [1.807, 2.05) is 19.1 Å². The number of hydrogen-bond donors (Lipinski definition) is 3. The number of rotatable bonds is 4. The highest BCUT2D eigenvalue weighted by molar-refractivity contribution is 6.04. The molecule has 2 aromatic carbocycles. The minimum Gasteiger partial charge on any atom is -0.508 e. The van der Waals surface area contributed by atoms with Crippen LogP contribution in [0.25, 0.3) is 6.08 Å². The van der Waals surface area contributed by atoms with E-state index < -0.39 is 11.7 Å². The molecule has 31 heavy (non-hydrogen) atoms. The molecule has 4 rings (SSSR count). The SMILES string of the molecule is CC(C)=CCC[C@@]1(C)C=Cc2c(cc(O)c3c2O[C@H](c2ccc(O)cc2O)CC3=O)O1. The summed E-state index contributed by atoms with van der Waals surface area (Å²) in [6.45, 7) is 6.08. The Hall–Kier alpha value is -3.41. The predicted molar refractivity (Wildman–Crippen MR) is 117 cm³/mol. The van der Waals surface area contributed by atoms with Gasteiger partial charge in [-0.15, -0.1) is 0 Å². The summed E-state index contributed by atoms with van der Waals surface area (Å²) in [5.41, 5.74) is 1.79. The van der Waals surface area contributed by atoms with Gasteiger partial charge in [0.25, 0.3) is 0 Å². The lowest BCUT2D eigenvalue weighted by Gasteiger charge is -2.34. The van der Waals surface area contributed by atoms with E-state index >= 15 is 0 Å². The van der Waals surface area contributed by atoms with Gasteiger partial charge in [-0.1, -0.05) is 11.6 Å². The Balaban J connectivity index is 1.70. The van der Waals surface area contributed by atoms with Gasteiger partial charge in [-0.25, -0.2) is 0 Å². The Kier molecular flexibility index (Phi) is 5.17. The van der Waals surface area contributed by atoms with Crippen molar-refractivity contribution >= 4 is 11.9 Å². The number of hydrogen-bond acceptors (Lipinski definition) is 6. The fraction of sp³-hybridized carbons (Fsp3) is 0.320. The number of carbonyl (C=O) groups excluding carboxylic acids is 1. The van der Waals surface area contributed by atoms with Gasteiger partial charge in [0.05, 0.1) is 12.0 Å². The summed E-state index contributed by atoms with van der Waals surface area (Å²) in [4.78, 5) is 12.8. The fourth-order valence-electron chi connectivity index (χ4n) is 4.03. The molecule has 162 valence electrons. The molecule has 2 heterocycles. The minimum atomic E-state index is -0.745. The van der Waals surface area contributed by atoms with E-state index in [4.69, 9.17) is 9.47 Å². The summed E-state index contributed by atoms with van der Waals surface area (Å²) in [5.74, 6) is -0.0250. The van der Waals surface area contributed by atoms with Gasteiger partial charge in [-0.2, -0.15) is 0 Å². The lowest BCUT2D eigenvalue weighted by atomic mass is 9.90. The van der Waals surface area contributed by atoms with Crippen LogP contribution in [0, 0.1) is 0 Å². The molecule has 2 aliphatic rings. The molecular weight excluding hydrogens is 396 g/mol. The number of phenolic OH excluding ortho intramolecular Hbond substituents is 3. The third kappa shape index (κ3) is 3.98. The molecule has 3 N–H and O–H groups in total. The normalized spacial score (nSPS) is 21.5. The van der Waals surface area contributed by atoms with Crippen LogP contribution in [-0.4, -0.2) is 26.7 Å². The number of allylic oxidation sites excluding steroid dienone is 2. The predicted octanol–water partition coefficient (Wildman–Crippen LogP) is 5.42. The van der Waals surface area contributed by atoms with Gasteiger partial charge in [0.15, 0.2) is 5.78 Å². The Morgan fingerprint density at radius 1 is 1.19 bits per heavy atom. The molecule has 0 aromatic heterocycles. The number of carbonyl (C=O) groups is 1. The Bertz CT molecular complexity index is 1110. The van der Waals surface area contributed by atoms with Crippen LogP contribution in [0.1, 0.15) is 67.6 Å². The van der Waals surface area contributed by atoms with E-state index in [9.17, 15) is 20.1 Å². The molecule has 0 unspecified atom stereocenters. The number of benzene rings is 2. The monoisotopic (exact) mass is 422 g/mol. The van der Waals surface area contributed by atoms with Crippen molar-refractivity contribution in [1.82, 2.24) is 0 Å². The highest BCUT2D eigenvalue weighted by Gasteiger charge is 2.37. The van der Waals surface area contributed by atoms with Gasteiger partial charge in [0, 0.05) is 17.7 Å². The van der Waals surface area contributed by atoms with Crippen molar-refractivity contribution < 1.29 is 29.6 Å². The van der Waals surface area contributed by atoms with E-state index in [0.717, 1.165) is 12.8 Å². The first-order chi connectivity index (χ1) is 14.7. The molecular formula is C25H26O6. The molecule has 0 radical (unpaired) electrons. The first-order valence-electron chi connectivity index (χ1n) is 10.3.